The highest BCUT2D eigenvalue weighted by molar-refractivity contribution is 6.04. The normalized spacial score (nSPS) is 20.9. The van der Waals surface area contributed by atoms with Crippen molar-refractivity contribution in [2.24, 2.45) is 5.90 Å². The zero-order chi connectivity index (χ0) is 11.4. The summed E-state index contributed by atoms with van der Waals surface area (Å²) in [4.78, 5) is 37.8. The second-order valence-corrected chi connectivity index (χ2v) is 3.20. The van der Waals surface area contributed by atoms with Gasteiger partial charge in [-0.3, -0.25) is 19.3 Å². The Morgan fingerprint density at radius 1 is 1.60 bits per heavy atom. The number of hydrogen-bond donors (Lipinski definition) is 2. The number of rotatable bonds is 4. The Hall–Kier alpha value is -1.47. The minimum absolute atomic E-state index is 0.0314. The number of aliphatic hydroxyl groups is 1. The largest absolute Gasteiger partial charge is 0.383 e. The molecule has 1 unspecified atom stereocenters. The Kier molecular flexibility index (Phi) is 3.75. The maximum Gasteiger partial charge on any atom is 0.324 e. The number of carbonyl (C=O) groups excluding carboxylic acids is 3. The van der Waals surface area contributed by atoms with Crippen molar-refractivity contribution < 1.29 is 24.3 Å². The summed E-state index contributed by atoms with van der Waals surface area (Å²) in [6, 6.07) is 0. The van der Waals surface area contributed by atoms with Crippen LogP contribution >= 0.6 is 0 Å². The first kappa shape index (κ1) is 11.6. The molecule has 0 aromatic heterocycles. The monoisotopic (exact) mass is 216 g/mol. The lowest BCUT2D eigenvalue weighted by atomic mass is 10.3. The Morgan fingerprint density at radius 2 is 2.27 bits per heavy atom. The summed E-state index contributed by atoms with van der Waals surface area (Å²) in [6.07, 6.45) is -1.11. The van der Waals surface area contributed by atoms with Gasteiger partial charge in [-0.25, -0.2) is 0 Å². The molecule has 2 amide bonds. The highest BCUT2D eigenvalue weighted by Gasteiger charge is 2.36. The van der Waals surface area contributed by atoms with Crippen molar-refractivity contribution >= 4 is 17.8 Å². The van der Waals surface area contributed by atoms with Gasteiger partial charge in [0.15, 0.2) is 0 Å². The van der Waals surface area contributed by atoms with Gasteiger partial charge >= 0.3 is 5.97 Å². The van der Waals surface area contributed by atoms with Gasteiger partial charge in [-0.05, 0) is 6.42 Å². The first-order valence-corrected chi connectivity index (χ1v) is 4.48. The van der Waals surface area contributed by atoms with Gasteiger partial charge in [-0.2, -0.15) is 5.90 Å². The van der Waals surface area contributed by atoms with Crippen LogP contribution in [-0.4, -0.2) is 40.4 Å². The van der Waals surface area contributed by atoms with Crippen LogP contribution in [0.1, 0.15) is 19.3 Å². The van der Waals surface area contributed by atoms with E-state index in [2.05, 4.69) is 10.7 Å². The highest BCUT2D eigenvalue weighted by Crippen LogP contribution is 2.13. The Bertz CT molecular complexity index is 291. The molecule has 1 saturated heterocycles. The van der Waals surface area contributed by atoms with Crippen molar-refractivity contribution in [3.05, 3.63) is 0 Å². The molecule has 3 N–H and O–H groups in total. The SMILES string of the molecule is NOC(=O)CCCN1C(=O)CC(O)C1=O. The molecule has 1 aliphatic rings. The molecule has 84 valence electrons. The summed E-state index contributed by atoms with van der Waals surface area (Å²) in [6.45, 7) is 0.101. The van der Waals surface area contributed by atoms with Crippen LogP contribution in [0.25, 0.3) is 0 Å². The number of nitrogens with zero attached hydrogens (tertiary/aromatic N) is 1. The van der Waals surface area contributed by atoms with Crippen molar-refractivity contribution in [1.82, 2.24) is 4.90 Å². The lowest BCUT2D eigenvalue weighted by Crippen LogP contribution is -2.33. The summed E-state index contributed by atoms with van der Waals surface area (Å²) in [5, 5.41) is 9.07. The van der Waals surface area contributed by atoms with Gasteiger partial charge < -0.3 is 9.94 Å². The number of imide groups is 1. The minimum atomic E-state index is -1.24. The van der Waals surface area contributed by atoms with Gasteiger partial charge in [0.05, 0.1) is 6.42 Å². The number of aliphatic hydroxyl groups excluding tert-OH is 1. The smallest absolute Gasteiger partial charge is 0.324 e. The quantitative estimate of drug-likeness (QED) is 0.428. The Labute approximate surface area is 85.7 Å². The van der Waals surface area contributed by atoms with E-state index in [9.17, 15) is 14.4 Å². The fraction of sp³-hybridized carbons (Fsp3) is 0.625. The molecule has 7 heteroatoms. The van der Waals surface area contributed by atoms with Crippen molar-refractivity contribution in [3.63, 3.8) is 0 Å². The summed E-state index contributed by atoms with van der Waals surface area (Å²) in [5.74, 6) is 2.97. The van der Waals surface area contributed by atoms with E-state index in [1.807, 2.05) is 0 Å². The van der Waals surface area contributed by atoms with E-state index in [1.165, 1.54) is 0 Å². The number of amides is 2. The zero-order valence-corrected chi connectivity index (χ0v) is 8.01. The van der Waals surface area contributed by atoms with Crippen molar-refractivity contribution in [2.45, 2.75) is 25.4 Å². The van der Waals surface area contributed by atoms with E-state index in [1.54, 1.807) is 0 Å². The molecule has 1 atom stereocenters. The predicted octanol–water partition coefficient (Wildman–Crippen LogP) is -1.70. The number of likely N-dealkylation sites (tertiary alicyclic amines) is 1. The predicted molar refractivity (Wildman–Crippen MR) is 46.9 cm³/mol. The van der Waals surface area contributed by atoms with Crippen LogP contribution in [0.2, 0.25) is 0 Å². The zero-order valence-electron chi connectivity index (χ0n) is 8.01. The van der Waals surface area contributed by atoms with Crippen LogP contribution in [0.15, 0.2) is 0 Å². The van der Waals surface area contributed by atoms with Crippen molar-refractivity contribution in [3.8, 4) is 0 Å². The van der Waals surface area contributed by atoms with Crippen LogP contribution in [0, 0.1) is 0 Å². The van der Waals surface area contributed by atoms with Crippen LogP contribution in [-0.2, 0) is 19.2 Å². The van der Waals surface area contributed by atoms with Gasteiger partial charge in [-0.1, -0.05) is 0 Å². The topological polar surface area (TPSA) is 110 Å². The lowest BCUT2D eigenvalue weighted by Gasteiger charge is -2.12. The molecule has 1 fully saturated rings. The fourth-order valence-electron chi connectivity index (χ4n) is 1.34. The van der Waals surface area contributed by atoms with Gasteiger partial charge in [0.25, 0.3) is 5.91 Å². The average Bonchev–Trinajstić information content (AvgIpc) is 2.44. The molecule has 0 bridgehead atoms. The molecule has 0 aromatic rings. The summed E-state index contributed by atoms with van der Waals surface area (Å²) < 4.78 is 0. The average molecular weight is 216 g/mol. The van der Waals surface area contributed by atoms with Gasteiger partial charge in [0.2, 0.25) is 5.91 Å². The summed E-state index contributed by atoms with van der Waals surface area (Å²) >= 11 is 0. The lowest BCUT2D eigenvalue weighted by molar-refractivity contribution is -0.146. The highest BCUT2D eigenvalue weighted by atomic mass is 16.7. The number of carbonyl (C=O) groups is 3. The van der Waals surface area contributed by atoms with Crippen molar-refractivity contribution in [1.29, 1.82) is 0 Å². The number of hydrogen-bond acceptors (Lipinski definition) is 6. The van der Waals surface area contributed by atoms with E-state index in [0.717, 1.165) is 4.90 Å². The summed E-state index contributed by atoms with van der Waals surface area (Å²) in [5.41, 5.74) is 0. The molecule has 1 rings (SSSR count). The number of nitrogens with two attached hydrogens (primary N) is 1. The molecule has 0 saturated carbocycles. The molecular weight excluding hydrogens is 204 g/mol. The molecule has 0 spiro atoms. The van der Waals surface area contributed by atoms with Crippen LogP contribution < -0.4 is 5.90 Å². The van der Waals surface area contributed by atoms with E-state index >= 15 is 0 Å². The first-order valence-electron chi connectivity index (χ1n) is 4.48. The fourth-order valence-corrected chi connectivity index (χ4v) is 1.34. The molecule has 15 heavy (non-hydrogen) atoms. The second kappa shape index (κ2) is 4.85. The van der Waals surface area contributed by atoms with Crippen LogP contribution in [0.4, 0.5) is 0 Å². The van der Waals surface area contributed by atoms with E-state index < -0.39 is 23.9 Å². The van der Waals surface area contributed by atoms with Gasteiger partial charge in [-0.15, -0.1) is 0 Å². The molecule has 0 aliphatic carbocycles. The maximum atomic E-state index is 11.2. The third-order valence-electron chi connectivity index (χ3n) is 2.11. The maximum absolute atomic E-state index is 11.2. The van der Waals surface area contributed by atoms with Crippen LogP contribution in [0.3, 0.4) is 0 Å². The standard InChI is InChI=1S/C8H12N2O5/c9-15-7(13)2-1-3-10-6(12)4-5(11)8(10)14/h5,11H,1-4,9H2. The molecule has 1 aliphatic heterocycles. The van der Waals surface area contributed by atoms with E-state index in [4.69, 9.17) is 5.11 Å². The Morgan fingerprint density at radius 3 is 2.73 bits per heavy atom. The van der Waals surface area contributed by atoms with E-state index in [-0.39, 0.29) is 25.8 Å². The molecule has 0 radical (unpaired) electrons. The molecule has 1 heterocycles. The van der Waals surface area contributed by atoms with E-state index in [0.29, 0.717) is 0 Å². The summed E-state index contributed by atoms with van der Waals surface area (Å²) in [7, 11) is 0. The van der Waals surface area contributed by atoms with Crippen molar-refractivity contribution in [2.75, 3.05) is 6.54 Å². The first-order chi connectivity index (χ1) is 7.06. The second-order valence-electron chi connectivity index (χ2n) is 3.20. The molecule has 7 nitrogen and oxygen atoms in total. The third-order valence-corrected chi connectivity index (χ3v) is 2.11. The van der Waals surface area contributed by atoms with Gasteiger partial charge in [0, 0.05) is 13.0 Å². The molecule has 0 aromatic carbocycles. The third kappa shape index (κ3) is 2.74. The van der Waals surface area contributed by atoms with Gasteiger partial charge in [0.1, 0.15) is 6.10 Å². The molecular formula is C8H12N2O5. The van der Waals surface area contributed by atoms with Crippen LogP contribution in [0.5, 0.6) is 0 Å². The Balaban J connectivity index is 2.36. The minimum Gasteiger partial charge on any atom is -0.383 e.